The van der Waals surface area contributed by atoms with E-state index in [0.29, 0.717) is 19.5 Å². The largest absolute Gasteiger partial charge is 0.357 e. The van der Waals surface area contributed by atoms with Gasteiger partial charge in [0, 0.05) is 45.6 Å². The normalized spacial score (nSPS) is 12.4. The van der Waals surface area contributed by atoms with Crippen molar-refractivity contribution in [1.29, 1.82) is 0 Å². The molecule has 1 rings (SSSR count). The standard InChI is InChI=1S/C15H29N5O2S/c1-5-16-15(17-10-8-11-18-23(21,22)6-2)20(4)13-14-9-7-12-19(14)3/h7,9,12,18H,5-6,8,10-11,13H2,1-4H3,(H,16,17). The molecule has 0 bridgehead atoms. The molecule has 0 saturated heterocycles. The van der Waals surface area contributed by atoms with Gasteiger partial charge in [0.1, 0.15) is 0 Å². The minimum absolute atomic E-state index is 0.109. The molecule has 1 aromatic heterocycles. The molecule has 2 N–H and O–H groups in total. The van der Waals surface area contributed by atoms with Gasteiger partial charge in [-0.2, -0.15) is 0 Å². The third-order valence-corrected chi connectivity index (χ3v) is 4.85. The highest BCUT2D eigenvalue weighted by Crippen LogP contribution is 2.03. The Morgan fingerprint density at radius 3 is 2.70 bits per heavy atom. The van der Waals surface area contributed by atoms with E-state index in [4.69, 9.17) is 0 Å². The molecule has 1 heterocycles. The van der Waals surface area contributed by atoms with E-state index in [1.165, 1.54) is 5.69 Å². The summed E-state index contributed by atoms with van der Waals surface area (Å²) in [6.45, 7) is 6.20. The summed E-state index contributed by atoms with van der Waals surface area (Å²) < 4.78 is 27.3. The maximum absolute atomic E-state index is 11.3. The van der Waals surface area contributed by atoms with Gasteiger partial charge in [-0.15, -0.1) is 0 Å². The number of nitrogens with one attached hydrogen (secondary N) is 2. The molecular formula is C15H29N5O2S. The number of aromatic nitrogens is 1. The minimum atomic E-state index is -3.11. The Hall–Kier alpha value is -1.54. The van der Waals surface area contributed by atoms with Crippen LogP contribution in [0.2, 0.25) is 0 Å². The fraction of sp³-hybridized carbons (Fsp3) is 0.667. The summed E-state index contributed by atoms with van der Waals surface area (Å²) in [6.07, 6.45) is 2.69. The van der Waals surface area contributed by atoms with E-state index in [9.17, 15) is 8.42 Å². The summed E-state index contributed by atoms with van der Waals surface area (Å²) in [4.78, 5) is 6.62. The number of guanidine groups is 1. The summed E-state index contributed by atoms with van der Waals surface area (Å²) >= 11 is 0. The van der Waals surface area contributed by atoms with E-state index in [2.05, 4.69) is 30.6 Å². The first kappa shape index (κ1) is 19.5. The number of rotatable bonds is 9. The van der Waals surface area contributed by atoms with Crippen molar-refractivity contribution in [3.05, 3.63) is 24.0 Å². The van der Waals surface area contributed by atoms with Crippen molar-refractivity contribution in [3.8, 4) is 0 Å². The molecule has 7 nitrogen and oxygen atoms in total. The smallest absolute Gasteiger partial charge is 0.211 e. The molecule has 23 heavy (non-hydrogen) atoms. The van der Waals surface area contributed by atoms with Crippen LogP contribution < -0.4 is 10.0 Å². The Morgan fingerprint density at radius 2 is 2.13 bits per heavy atom. The summed E-state index contributed by atoms with van der Waals surface area (Å²) in [5.74, 6) is 0.935. The van der Waals surface area contributed by atoms with Crippen LogP contribution in [0.5, 0.6) is 0 Å². The summed E-state index contributed by atoms with van der Waals surface area (Å²) in [7, 11) is 0.902. The van der Waals surface area contributed by atoms with E-state index < -0.39 is 10.0 Å². The lowest BCUT2D eigenvalue weighted by atomic mass is 10.4. The van der Waals surface area contributed by atoms with E-state index in [-0.39, 0.29) is 5.75 Å². The molecular weight excluding hydrogens is 314 g/mol. The SMILES string of the molecule is CCNC(=NCCCNS(=O)(=O)CC)N(C)Cc1cccn1C. The fourth-order valence-corrected chi connectivity index (χ4v) is 2.70. The third-order valence-electron chi connectivity index (χ3n) is 3.45. The highest BCUT2D eigenvalue weighted by atomic mass is 32.2. The Labute approximate surface area is 139 Å². The highest BCUT2D eigenvalue weighted by Gasteiger charge is 2.08. The molecule has 0 aliphatic heterocycles. The van der Waals surface area contributed by atoms with Crippen LogP contribution in [0.25, 0.3) is 0 Å². The van der Waals surface area contributed by atoms with Crippen LogP contribution in [0, 0.1) is 0 Å². The summed E-state index contributed by atoms with van der Waals surface area (Å²) in [6, 6.07) is 4.10. The number of aliphatic imine (C=N–C) groups is 1. The number of sulfonamides is 1. The zero-order valence-electron chi connectivity index (χ0n) is 14.5. The minimum Gasteiger partial charge on any atom is -0.357 e. The predicted octanol–water partition coefficient (Wildman–Crippen LogP) is 0.752. The second-order valence-electron chi connectivity index (χ2n) is 5.35. The van der Waals surface area contributed by atoms with Gasteiger partial charge in [0.25, 0.3) is 0 Å². The Kier molecular flexibility index (Phi) is 8.11. The number of hydrogen-bond donors (Lipinski definition) is 2. The molecule has 0 aromatic carbocycles. The van der Waals surface area contributed by atoms with Crippen molar-refractivity contribution in [2.45, 2.75) is 26.8 Å². The number of hydrogen-bond acceptors (Lipinski definition) is 3. The van der Waals surface area contributed by atoms with Gasteiger partial charge >= 0.3 is 0 Å². The predicted molar refractivity (Wildman–Crippen MR) is 94.9 cm³/mol. The summed E-state index contributed by atoms with van der Waals surface area (Å²) in [5, 5.41) is 3.26. The van der Waals surface area contributed by atoms with Crippen molar-refractivity contribution < 1.29 is 8.42 Å². The molecule has 0 amide bonds. The van der Waals surface area contributed by atoms with Crippen LogP contribution in [-0.2, 0) is 23.6 Å². The lowest BCUT2D eigenvalue weighted by Gasteiger charge is -2.22. The van der Waals surface area contributed by atoms with Gasteiger partial charge in [0.2, 0.25) is 10.0 Å². The number of nitrogens with zero attached hydrogens (tertiary/aromatic N) is 3. The van der Waals surface area contributed by atoms with Gasteiger partial charge in [-0.25, -0.2) is 13.1 Å². The molecule has 0 atom stereocenters. The first-order chi connectivity index (χ1) is 10.9. The lowest BCUT2D eigenvalue weighted by molar-refractivity contribution is 0.461. The molecule has 0 radical (unpaired) electrons. The van der Waals surface area contributed by atoms with Crippen molar-refractivity contribution in [2.24, 2.45) is 12.0 Å². The van der Waals surface area contributed by atoms with Gasteiger partial charge in [-0.3, -0.25) is 4.99 Å². The van der Waals surface area contributed by atoms with E-state index >= 15 is 0 Å². The first-order valence-electron chi connectivity index (χ1n) is 7.96. The Bertz CT molecular complexity index is 595. The number of aryl methyl sites for hydroxylation is 1. The van der Waals surface area contributed by atoms with Crippen LogP contribution in [0.4, 0.5) is 0 Å². The summed E-state index contributed by atoms with van der Waals surface area (Å²) in [5.41, 5.74) is 1.20. The van der Waals surface area contributed by atoms with Crippen molar-refractivity contribution >= 4 is 16.0 Å². The topological polar surface area (TPSA) is 78.7 Å². The average molecular weight is 343 g/mol. The highest BCUT2D eigenvalue weighted by molar-refractivity contribution is 7.89. The molecule has 0 aliphatic rings. The van der Waals surface area contributed by atoms with Crippen LogP contribution in [0.1, 0.15) is 26.0 Å². The quantitative estimate of drug-likeness (QED) is 0.394. The van der Waals surface area contributed by atoms with E-state index in [0.717, 1.165) is 19.0 Å². The maximum Gasteiger partial charge on any atom is 0.211 e. The maximum atomic E-state index is 11.3. The molecule has 1 aromatic rings. The van der Waals surface area contributed by atoms with Gasteiger partial charge in [-0.05, 0) is 32.4 Å². The zero-order chi connectivity index (χ0) is 17.3. The van der Waals surface area contributed by atoms with Gasteiger partial charge in [-0.1, -0.05) is 0 Å². The molecule has 0 fully saturated rings. The zero-order valence-corrected chi connectivity index (χ0v) is 15.4. The van der Waals surface area contributed by atoms with Crippen molar-refractivity contribution in [1.82, 2.24) is 19.5 Å². The fourth-order valence-electron chi connectivity index (χ4n) is 2.04. The Balaban J connectivity index is 2.51. The van der Waals surface area contributed by atoms with Gasteiger partial charge in [0.05, 0.1) is 12.3 Å². The van der Waals surface area contributed by atoms with Crippen LogP contribution in [0.3, 0.4) is 0 Å². The molecule has 0 unspecified atom stereocenters. The van der Waals surface area contributed by atoms with E-state index in [1.54, 1.807) is 6.92 Å². The van der Waals surface area contributed by atoms with Crippen molar-refractivity contribution in [2.75, 3.05) is 32.4 Å². The average Bonchev–Trinajstić information content (AvgIpc) is 2.91. The lowest BCUT2D eigenvalue weighted by Crippen LogP contribution is -2.39. The second kappa shape index (κ2) is 9.57. The van der Waals surface area contributed by atoms with Crippen molar-refractivity contribution in [3.63, 3.8) is 0 Å². The molecule has 132 valence electrons. The Morgan fingerprint density at radius 1 is 1.39 bits per heavy atom. The van der Waals surface area contributed by atoms with Crippen LogP contribution in [0.15, 0.2) is 23.3 Å². The molecule has 8 heteroatoms. The van der Waals surface area contributed by atoms with Gasteiger partial charge in [0.15, 0.2) is 5.96 Å². The van der Waals surface area contributed by atoms with Crippen LogP contribution in [-0.4, -0.2) is 56.3 Å². The molecule has 0 spiro atoms. The third kappa shape index (κ3) is 7.04. The van der Waals surface area contributed by atoms with E-state index in [1.807, 2.05) is 33.3 Å². The molecule has 0 aliphatic carbocycles. The van der Waals surface area contributed by atoms with Crippen LogP contribution >= 0.6 is 0 Å². The monoisotopic (exact) mass is 343 g/mol. The van der Waals surface area contributed by atoms with Gasteiger partial charge < -0.3 is 14.8 Å². The first-order valence-corrected chi connectivity index (χ1v) is 9.61. The molecule has 0 saturated carbocycles. The second-order valence-corrected chi connectivity index (χ2v) is 7.45.